The van der Waals surface area contributed by atoms with Gasteiger partial charge in [-0.15, -0.1) is 0 Å². The van der Waals surface area contributed by atoms with Crippen molar-refractivity contribution >= 4 is 5.78 Å². The van der Waals surface area contributed by atoms with Gasteiger partial charge >= 0.3 is 0 Å². The maximum atomic E-state index is 11.4. The number of carbonyl (C=O) groups is 1. The van der Waals surface area contributed by atoms with Crippen LogP contribution in [-0.2, 0) is 9.53 Å². The van der Waals surface area contributed by atoms with Gasteiger partial charge in [0.2, 0.25) is 0 Å². The molecule has 0 aliphatic heterocycles. The molecule has 68 valence electrons. The third-order valence-corrected chi connectivity index (χ3v) is 2.10. The summed E-state index contributed by atoms with van der Waals surface area (Å²) in [4.78, 5) is 11.4. The normalized spacial score (nSPS) is 22.4. The van der Waals surface area contributed by atoms with Gasteiger partial charge in [-0.1, -0.05) is 6.42 Å². The monoisotopic (exact) mass is 168 g/mol. The highest BCUT2D eigenvalue weighted by Gasteiger charge is 2.13. The lowest BCUT2D eigenvalue weighted by molar-refractivity contribution is -0.115. The summed E-state index contributed by atoms with van der Waals surface area (Å²) in [6.07, 6.45) is 6.60. The van der Waals surface area contributed by atoms with Gasteiger partial charge < -0.3 is 4.74 Å². The first-order valence-electron chi connectivity index (χ1n) is 4.68. The van der Waals surface area contributed by atoms with Crippen LogP contribution in [0.25, 0.3) is 0 Å². The minimum absolute atomic E-state index is 0.279. The minimum Gasteiger partial charge on any atom is -0.501 e. The summed E-state index contributed by atoms with van der Waals surface area (Å²) in [6, 6.07) is 0. The molecule has 0 aromatic heterocycles. The molecule has 0 radical (unpaired) electrons. The maximum absolute atomic E-state index is 11.4. The van der Waals surface area contributed by atoms with Gasteiger partial charge in [-0.2, -0.15) is 0 Å². The minimum atomic E-state index is 0.279. The Hall–Kier alpha value is -0.790. The van der Waals surface area contributed by atoms with Crippen LogP contribution in [0, 0.1) is 0 Å². The molecular formula is C10H16O2. The van der Waals surface area contributed by atoms with Crippen LogP contribution >= 0.6 is 0 Å². The molecule has 0 amide bonds. The number of ether oxygens (including phenoxy) is 1. The molecule has 1 aliphatic rings. The number of hydrogen-bond donors (Lipinski definition) is 0. The molecule has 0 N–H and O–H groups in total. The van der Waals surface area contributed by atoms with E-state index in [1.807, 2.05) is 6.92 Å². The molecule has 0 atom stereocenters. The van der Waals surface area contributed by atoms with Crippen molar-refractivity contribution < 1.29 is 9.53 Å². The molecule has 1 rings (SSSR count). The Morgan fingerprint density at radius 1 is 1.33 bits per heavy atom. The van der Waals surface area contributed by atoms with Gasteiger partial charge in [0.15, 0.2) is 5.78 Å². The zero-order valence-corrected chi connectivity index (χ0v) is 7.64. The fourth-order valence-electron chi connectivity index (χ4n) is 1.39. The standard InChI is InChI=1S/C10H16O2/c1-2-12-8-9-6-4-3-5-7-10(9)11/h8H,2-7H2,1H3/b9-8-. The van der Waals surface area contributed by atoms with Crippen molar-refractivity contribution in [3.05, 3.63) is 11.8 Å². The zero-order chi connectivity index (χ0) is 8.81. The summed E-state index contributed by atoms with van der Waals surface area (Å²) < 4.78 is 5.12. The molecular weight excluding hydrogens is 152 g/mol. The fourth-order valence-corrected chi connectivity index (χ4v) is 1.39. The second-order valence-corrected chi connectivity index (χ2v) is 3.08. The van der Waals surface area contributed by atoms with Crippen LogP contribution in [0.15, 0.2) is 11.8 Å². The predicted octanol–water partition coefficient (Wildman–Crippen LogP) is 2.44. The molecule has 0 aromatic carbocycles. The van der Waals surface area contributed by atoms with Crippen LogP contribution in [0.3, 0.4) is 0 Å². The topological polar surface area (TPSA) is 26.3 Å². The number of hydrogen-bond acceptors (Lipinski definition) is 2. The van der Waals surface area contributed by atoms with E-state index in [1.54, 1.807) is 6.26 Å². The Kier molecular flexibility index (Phi) is 3.85. The molecule has 1 fully saturated rings. The third kappa shape index (κ3) is 2.68. The molecule has 12 heavy (non-hydrogen) atoms. The van der Waals surface area contributed by atoms with Crippen LogP contribution < -0.4 is 0 Å². The van der Waals surface area contributed by atoms with E-state index in [4.69, 9.17) is 4.74 Å². The maximum Gasteiger partial charge on any atom is 0.161 e. The number of rotatable bonds is 2. The van der Waals surface area contributed by atoms with Crippen molar-refractivity contribution in [2.75, 3.05) is 6.61 Å². The van der Waals surface area contributed by atoms with Gasteiger partial charge in [-0.3, -0.25) is 4.79 Å². The first-order valence-corrected chi connectivity index (χ1v) is 4.68. The Morgan fingerprint density at radius 3 is 2.83 bits per heavy atom. The summed E-state index contributed by atoms with van der Waals surface area (Å²) in [6.45, 7) is 2.58. The Bertz CT molecular complexity index is 182. The number of carbonyl (C=O) groups excluding carboxylic acids is 1. The van der Waals surface area contributed by atoms with Crippen molar-refractivity contribution in [1.29, 1.82) is 0 Å². The van der Waals surface area contributed by atoms with Gasteiger partial charge in [-0.25, -0.2) is 0 Å². The summed E-state index contributed by atoms with van der Waals surface area (Å²) in [5.41, 5.74) is 0.884. The Balaban J connectivity index is 2.52. The van der Waals surface area contributed by atoms with E-state index < -0.39 is 0 Å². The summed E-state index contributed by atoms with van der Waals surface area (Å²) in [5.74, 6) is 0.279. The van der Waals surface area contributed by atoms with E-state index in [9.17, 15) is 4.79 Å². The number of allylic oxidation sites excluding steroid dienone is 1. The summed E-state index contributed by atoms with van der Waals surface area (Å²) >= 11 is 0. The first-order chi connectivity index (χ1) is 5.84. The lowest BCUT2D eigenvalue weighted by atomic mass is 10.1. The van der Waals surface area contributed by atoms with E-state index in [0.29, 0.717) is 13.0 Å². The lowest BCUT2D eigenvalue weighted by Crippen LogP contribution is -2.00. The highest BCUT2D eigenvalue weighted by Crippen LogP contribution is 2.18. The molecule has 0 bridgehead atoms. The molecule has 1 saturated carbocycles. The fraction of sp³-hybridized carbons (Fsp3) is 0.700. The van der Waals surface area contributed by atoms with Crippen molar-refractivity contribution in [2.45, 2.75) is 39.0 Å². The van der Waals surface area contributed by atoms with E-state index in [0.717, 1.165) is 24.8 Å². The van der Waals surface area contributed by atoms with Crippen LogP contribution in [0.2, 0.25) is 0 Å². The molecule has 2 heteroatoms. The smallest absolute Gasteiger partial charge is 0.161 e. The Morgan fingerprint density at radius 2 is 2.08 bits per heavy atom. The van der Waals surface area contributed by atoms with Gasteiger partial charge in [0.05, 0.1) is 12.9 Å². The van der Waals surface area contributed by atoms with E-state index in [1.165, 1.54) is 6.42 Å². The highest BCUT2D eigenvalue weighted by molar-refractivity contribution is 5.95. The van der Waals surface area contributed by atoms with Crippen molar-refractivity contribution in [1.82, 2.24) is 0 Å². The Labute approximate surface area is 73.6 Å². The van der Waals surface area contributed by atoms with Crippen molar-refractivity contribution in [3.63, 3.8) is 0 Å². The van der Waals surface area contributed by atoms with Crippen LogP contribution in [0.4, 0.5) is 0 Å². The molecule has 0 saturated heterocycles. The molecule has 1 aliphatic carbocycles. The SMILES string of the molecule is CCO/C=C1/CCCCCC1=O. The average molecular weight is 168 g/mol. The second kappa shape index (κ2) is 4.96. The molecule has 0 aromatic rings. The van der Waals surface area contributed by atoms with Crippen LogP contribution in [0.5, 0.6) is 0 Å². The molecule has 0 spiro atoms. The average Bonchev–Trinajstić information content (AvgIpc) is 2.27. The van der Waals surface area contributed by atoms with Crippen molar-refractivity contribution in [2.24, 2.45) is 0 Å². The predicted molar refractivity (Wildman–Crippen MR) is 47.8 cm³/mol. The lowest BCUT2D eigenvalue weighted by Gasteiger charge is -2.01. The van der Waals surface area contributed by atoms with E-state index in [-0.39, 0.29) is 5.78 Å². The number of ketones is 1. The molecule has 0 heterocycles. The summed E-state index contributed by atoms with van der Waals surface area (Å²) in [5, 5.41) is 0. The van der Waals surface area contributed by atoms with Gasteiger partial charge in [-0.05, 0) is 26.2 Å². The van der Waals surface area contributed by atoms with E-state index in [2.05, 4.69) is 0 Å². The zero-order valence-electron chi connectivity index (χ0n) is 7.64. The van der Waals surface area contributed by atoms with Gasteiger partial charge in [0.25, 0.3) is 0 Å². The first kappa shape index (κ1) is 9.30. The molecule has 2 nitrogen and oxygen atoms in total. The van der Waals surface area contributed by atoms with Crippen molar-refractivity contribution in [3.8, 4) is 0 Å². The largest absolute Gasteiger partial charge is 0.501 e. The van der Waals surface area contributed by atoms with Gasteiger partial charge in [0.1, 0.15) is 0 Å². The third-order valence-electron chi connectivity index (χ3n) is 2.10. The summed E-state index contributed by atoms with van der Waals surface area (Å²) in [7, 11) is 0. The van der Waals surface area contributed by atoms with Crippen LogP contribution in [0.1, 0.15) is 39.0 Å². The highest BCUT2D eigenvalue weighted by atomic mass is 16.5. The second-order valence-electron chi connectivity index (χ2n) is 3.08. The number of Topliss-reactive ketones (excluding diaryl/α,β-unsaturated/α-hetero) is 1. The quantitative estimate of drug-likeness (QED) is 0.359. The van der Waals surface area contributed by atoms with Crippen LogP contribution in [-0.4, -0.2) is 12.4 Å². The van der Waals surface area contributed by atoms with Gasteiger partial charge in [0, 0.05) is 12.0 Å². The van der Waals surface area contributed by atoms with E-state index >= 15 is 0 Å². The molecule has 0 unspecified atom stereocenters.